The molecular weight excluding hydrogens is 277 g/mol. The molecule has 0 spiro atoms. The van der Waals surface area contributed by atoms with Crippen LogP contribution in [0.4, 0.5) is 15.8 Å². The van der Waals surface area contributed by atoms with Gasteiger partial charge in [-0.05, 0) is 12.5 Å². The molecular formula is C10H10FN3O4S. The standard InChI is InChI=1S/C10H10FN3O4S/c1-2-7(6-12)19(17,18)13-10-8(11)4-3-5-9(10)14(15)16/h3-5,7,13H,2H2,1H3. The maximum Gasteiger partial charge on any atom is 0.296 e. The van der Waals surface area contributed by atoms with Crippen molar-refractivity contribution in [3.63, 3.8) is 0 Å². The Labute approximate surface area is 108 Å². The number of hydrogen-bond acceptors (Lipinski definition) is 5. The minimum Gasteiger partial charge on any atom is -0.273 e. The molecule has 1 unspecified atom stereocenters. The van der Waals surface area contributed by atoms with Crippen LogP contribution in [0.1, 0.15) is 13.3 Å². The molecule has 0 aliphatic rings. The number of nitriles is 1. The quantitative estimate of drug-likeness (QED) is 0.655. The van der Waals surface area contributed by atoms with Crippen molar-refractivity contribution in [2.75, 3.05) is 4.72 Å². The molecule has 1 rings (SSSR count). The highest BCUT2D eigenvalue weighted by Gasteiger charge is 2.28. The van der Waals surface area contributed by atoms with Crippen molar-refractivity contribution in [2.45, 2.75) is 18.6 Å². The Balaban J connectivity index is 3.28. The van der Waals surface area contributed by atoms with E-state index in [2.05, 4.69) is 0 Å². The topological polar surface area (TPSA) is 113 Å². The first-order valence-corrected chi connectivity index (χ1v) is 6.72. The lowest BCUT2D eigenvalue weighted by Gasteiger charge is -2.11. The van der Waals surface area contributed by atoms with Gasteiger partial charge in [-0.15, -0.1) is 0 Å². The fraction of sp³-hybridized carbons (Fsp3) is 0.300. The van der Waals surface area contributed by atoms with Crippen LogP contribution < -0.4 is 4.72 Å². The van der Waals surface area contributed by atoms with Crippen LogP contribution in [0, 0.1) is 27.3 Å². The number of halogens is 1. The van der Waals surface area contributed by atoms with Gasteiger partial charge in [-0.3, -0.25) is 14.8 Å². The summed E-state index contributed by atoms with van der Waals surface area (Å²) in [6.45, 7) is 1.46. The minimum atomic E-state index is -4.21. The van der Waals surface area contributed by atoms with E-state index in [1.807, 2.05) is 0 Å². The predicted molar refractivity (Wildman–Crippen MR) is 65.3 cm³/mol. The van der Waals surface area contributed by atoms with Crippen LogP contribution in [-0.2, 0) is 10.0 Å². The molecule has 9 heteroatoms. The number of nitrogens with one attached hydrogen (secondary N) is 1. The largest absolute Gasteiger partial charge is 0.296 e. The average molecular weight is 287 g/mol. The lowest BCUT2D eigenvalue weighted by molar-refractivity contribution is -0.384. The number of hydrogen-bond donors (Lipinski definition) is 1. The number of anilines is 1. The van der Waals surface area contributed by atoms with E-state index >= 15 is 0 Å². The molecule has 0 fully saturated rings. The summed E-state index contributed by atoms with van der Waals surface area (Å²) in [5.41, 5.74) is -1.47. The lowest BCUT2D eigenvalue weighted by atomic mass is 10.2. The van der Waals surface area contributed by atoms with Gasteiger partial charge in [-0.2, -0.15) is 5.26 Å². The van der Waals surface area contributed by atoms with E-state index < -0.39 is 37.4 Å². The van der Waals surface area contributed by atoms with Gasteiger partial charge in [-0.1, -0.05) is 13.0 Å². The number of rotatable bonds is 5. The molecule has 7 nitrogen and oxygen atoms in total. The Bertz CT molecular complexity index is 639. The summed E-state index contributed by atoms with van der Waals surface area (Å²) in [5.74, 6) is -1.08. The number of nitro groups is 1. The highest BCUT2D eigenvalue weighted by Crippen LogP contribution is 2.28. The van der Waals surface area contributed by atoms with Crippen molar-refractivity contribution in [1.82, 2.24) is 0 Å². The van der Waals surface area contributed by atoms with Crippen LogP contribution in [0.5, 0.6) is 0 Å². The zero-order valence-electron chi connectivity index (χ0n) is 9.83. The fourth-order valence-corrected chi connectivity index (χ4v) is 2.57. The van der Waals surface area contributed by atoms with E-state index in [9.17, 15) is 22.9 Å². The van der Waals surface area contributed by atoms with Gasteiger partial charge in [0.25, 0.3) is 5.69 Å². The number of benzene rings is 1. The Morgan fingerprint density at radius 3 is 2.68 bits per heavy atom. The van der Waals surface area contributed by atoms with Gasteiger partial charge in [0, 0.05) is 6.07 Å². The van der Waals surface area contributed by atoms with Crippen LogP contribution in [0.15, 0.2) is 18.2 Å². The Kier molecular flexibility index (Phi) is 4.39. The van der Waals surface area contributed by atoms with Crippen LogP contribution in [0.25, 0.3) is 0 Å². The molecule has 0 heterocycles. The van der Waals surface area contributed by atoms with Crippen molar-refractivity contribution in [2.24, 2.45) is 0 Å². The molecule has 1 aromatic rings. The van der Waals surface area contributed by atoms with Gasteiger partial charge < -0.3 is 0 Å². The number of para-hydroxylation sites is 1. The average Bonchev–Trinajstić information content (AvgIpc) is 2.32. The van der Waals surface area contributed by atoms with Crippen molar-refractivity contribution in [3.05, 3.63) is 34.1 Å². The van der Waals surface area contributed by atoms with E-state index in [4.69, 9.17) is 5.26 Å². The van der Waals surface area contributed by atoms with Crippen molar-refractivity contribution in [1.29, 1.82) is 5.26 Å². The Morgan fingerprint density at radius 1 is 1.58 bits per heavy atom. The molecule has 0 aliphatic carbocycles. The third-order valence-electron chi connectivity index (χ3n) is 2.32. The molecule has 0 bridgehead atoms. The van der Waals surface area contributed by atoms with Crippen molar-refractivity contribution < 1.29 is 17.7 Å². The summed E-state index contributed by atoms with van der Waals surface area (Å²) < 4.78 is 38.8. The molecule has 0 aliphatic heterocycles. The molecule has 0 amide bonds. The third-order valence-corrected chi connectivity index (χ3v) is 4.00. The molecule has 0 saturated carbocycles. The summed E-state index contributed by atoms with van der Waals surface area (Å²) in [6, 6.07) is 4.48. The maximum atomic E-state index is 13.5. The van der Waals surface area contributed by atoms with Gasteiger partial charge in [-0.25, -0.2) is 12.8 Å². The van der Waals surface area contributed by atoms with Gasteiger partial charge in [0.15, 0.2) is 16.8 Å². The molecule has 102 valence electrons. The minimum absolute atomic E-state index is 0.0198. The fourth-order valence-electron chi connectivity index (χ4n) is 1.36. The van der Waals surface area contributed by atoms with Crippen molar-refractivity contribution >= 4 is 21.4 Å². The second-order valence-corrected chi connectivity index (χ2v) is 5.43. The van der Waals surface area contributed by atoms with Crippen LogP contribution in [-0.4, -0.2) is 18.6 Å². The second-order valence-electron chi connectivity index (χ2n) is 3.56. The van der Waals surface area contributed by atoms with Crippen LogP contribution >= 0.6 is 0 Å². The highest BCUT2D eigenvalue weighted by atomic mass is 32.2. The zero-order chi connectivity index (χ0) is 14.6. The maximum absolute atomic E-state index is 13.5. The van der Waals surface area contributed by atoms with Gasteiger partial charge in [0.1, 0.15) is 0 Å². The molecule has 1 atom stereocenters. The van der Waals surface area contributed by atoms with E-state index in [1.165, 1.54) is 13.0 Å². The van der Waals surface area contributed by atoms with E-state index in [-0.39, 0.29) is 6.42 Å². The van der Waals surface area contributed by atoms with E-state index in [0.717, 1.165) is 18.2 Å². The SMILES string of the molecule is CCC(C#N)S(=O)(=O)Nc1c(F)cccc1[N+](=O)[O-]. The molecule has 19 heavy (non-hydrogen) atoms. The van der Waals surface area contributed by atoms with Gasteiger partial charge >= 0.3 is 0 Å². The smallest absolute Gasteiger partial charge is 0.273 e. The zero-order valence-corrected chi connectivity index (χ0v) is 10.6. The first-order valence-electron chi connectivity index (χ1n) is 5.17. The Morgan fingerprint density at radius 2 is 2.21 bits per heavy atom. The lowest BCUT2D eigenvalue weighted by Crippen LogP contribution is -2.26. The molecule has 0 aromatic heterocycles. The van der Waals surface area contributed by atoms with E-state index in [1.54, 1.807) is 4.72 Å². The third kappa shape index (κ3) is 3.17. The van der Waals surface area contributed by atoms with Crippen molar-refractivity contribution in [3.8, 4) is 6.07 Å². The monoisotopic (exact) mass is 287 g/mol. The van der Waals surface area contributed by atoms with E-state index in [0.29, 0.717) is 0 Å². The Hall–Kier alpha value is -2.21. The summed E-state index contributed by atoms with van der Waals surface area (Å²) in [6.07, 6.45) is -0.0198. The summed E-state index contributed by atoms with van der Waals surface area (Å²) in [4.78, 5) is 9.80. The number of nitrogens with zero attached hydrogens (tertiary/aromatic N) is 2. The number of nitro benzene ring substituents is 1. The molecule has 0 saturated heterocycles. The first kappa shape index (κ1) is 14.8. The summed E-state index contributed by atoms with van der Waals surface area (Å²) in [7, 11) is -4.21. The highest BCUT2D eigenvalue weighted by molar-refractivity contribution is 7.93. The normalized spacial score (nSPS) is 12.5. The first-order chi connectivity index (χ1) is 8.83. The summed E-state index contributed by atoms with van der Waals surface area (Å²) >= 11 is 0. The number of sulfonamides is 1. The second kappa shape index (κ2) is 5.62. The van der Waals surface area contributed by atoms with Crippen LogP contribution in [0.3, 0.4) is 0 Å². The van der Waals surface area contributed by atoms with Gasteiger partial charge in [0.05, 0.1) is 11.0 Å². The molecule has 1 N–H and O–H groups in total. The summed E-state index contributed by atoms with van der Waals surface area (Å²) in [5, 5.41) is 18.0. The molecule has 0 radical (unpaired) electrons. The van der Waals surface area contributed by atoms with Crippen LogP contribution in [0.2, 0.25) is 0 Å². The van der Waals surface area contributed by atoms with Gasteiger partial charge in [0.2, 0.25) is 10.0 Å². The predicted octanol–water partition coefficient (Wildman–Crippen LogP) is 1.78. The molecule has 1 aromatic carbocycles.